The van der Waals surface area contributed by atoms with Crippen molar-refractivity contribution in [2.75, 3.05) is 24.6 Å². The van der Waals surface area contributed by atoms with Crippen LogP contribution in [0.1, 0.15) is 26.2 Å². The molecule has 2 atom stereocenters. The van der Waals surface area contributed by atoms with Gasteiger partial charge < -0.3 is 10.2 Å². The van der Waals surface area contributed by atoms with E-state index in [1.54, 1.807) is 4.90 Å². The summed E-state index contributed by atoms with van der Waals surface area (Å²) in [4.78, 5) is 13.8. The first-order chi connectivity index (χ1) is 8.03. The summed E-state index contributed by atoms with van der Waals surface area (Å²) in [5.41, 5.74) is 0. The number of hydrogen-bond acceptors (Lipinski definition) is 4. The lowest BCUT2D eigenvalue weighted by Crippen LogP contribution is -2.48. The Morgan fingerprint density at radius 3 is 2.88 bits per heavy atom. The summed E-state index contributed by atoms with van der Waals surface area (Å²) in [5, 5.41) is 3.19. The van der Waals surface area contributed by atoms with Gasteiger partial charge in [0, 0.05) is 25.6 Å². The maximum Gasteiger partial charge on any atom is 0.224 e. The number of sulfone groups is 1. The molecule has 0 aliphatic carbocycles. The molecule has 0 radical (unpaired) electrons. The van der Waals surface area contributed by atoms with Crippen molar-refractivity contribution in [3.63, 3.8) is 0 Å². The molecule has 0 aromatic rings. The first kappa shape index (κ1) is 12.8. The second-order valence-corrected chi connectivity index (χ2v) is 7.05. The van der Waals surface area contributed by atoms with Crippen molar-refractivity contribution < 1.29 is 13.2 Å². The third-order valence-electron chi connectivity index (χ3n) is 3.54. The molecule has 2 aliphatic rings. The topological polar surface area (TPSA) is 66.5 Å². The Kier molecular flexibility index (Phi) is 3.73. The van der Waals surface area contributed by atoms with Crippen LogP contribution in [0.4, 0.5) is 0 Å². The van der Waals surface area contributed by atoms with E-state index < -0.39 is 9.84 Å². The van der Waals surface area contributed by atoms with Gasteiger partial charge >= 0.3 is 0 Å². The zero-order valence-electron chi connectivity index (χ0n) is 10.2. The van der Waals surface area contributed by atoms with E-state index in [0.717, 1.165) is 12.8 Å². The maximum absolute atomic E-state index is 12.0. The minimum Gasteiger partial charge on any atom is -0.337 e. The fourth-order valence-electron chi connectivity index (χ4n) is 2.64. The van der Waals surface area contributed by atoms with Gasteiger partial charge in [-0.05, 0) is 6.42 Å². The minimum atomic E-state index is -2.98. The van der Waals surface area contributed by atoms with Gasteiger partial charge in [0.25, 0.3) is 0 Å². The van der Waals surface area contributed by atoms with Crippen molar-refractivity contribution in [2.24, 2.45) is 0 Å². The second kappa shape index (κ2) is 4.94. The fourth-order valence-corrected chi connectivity index (χ4v) is 4.60. The molecule has 2 rings (SSSR count). The smallest absolute Gasteiger partial charge is 0.224 e. The Morgan fingerprint density at radius 1 is 1.41 bits per heavy atom. The van der Waals surface area contributed by atoms with E-state index in [4.69, 9.17) is 0 Å². The summed E-state index contributed by atoms with van der Waals surface area (Å²) in [6.07, 6.45) is 2.44. The number of carbonyl (C=O) groups is 1. The lowest BCUT2D eigenvalue weighted by atomic mass is 10.1. The number of unbranched alkanes of at least 4 members (excludes halogenated alkanes) is 1. The summed E-state index contributed by atoms with van der Waals surface area (Å²) in [5.74, 6) is 0.392. The molecule has 2 heterocycles. The predicted octanol–water partition coefficient (Wildman–Crippen LogP) is -0.226. The van der Waals surface area contributed by atoms with Crippen LogP contribution in [0.2, 0.25) is 0 Å². The molecule has 98 valence electrons. The maximum atomic E-state index is 12.0. The van der Waals surface area contributed by atoms with Gasteiger partial charge in [-0.25, -0.2) is 8.42 Å². The third-order valence-corrected chi connectivity index (χ3v) is 5.26. The molecular weight excluding hydrogens is 240 g/mol. The first-order valence-corrected chi connectivity index (χ1v) is 8.09. The Balaban J connectivity index is 2.17. The molecule has 0 bridgehead atoms. The van der Waals surface area contributed by atoms with Gasteiger partial charge in [-0.15, -0.1) is 0 Å². The van der Waals surface area contributed by atoms with Crippen molar-refractivity contribution in [3.8, 4) is 0 Å². The number of fused-ring (bicyclic) bond motifs is 1. The highest BCUT2D eigenvalue weighted by atomic mass is 32.2. The molecule has 0 saturated carbocycles. The van der Waals surface area contributed by atoms with Gasteiger partial charge in [0.1, 0.15) is 0 Å². The van der Waals surface area contributed by atoms with Crippen LogP contribution in [-0.2, 0) is 14.6 Å². The van der Waals surface area contributed by atoms with E-state index in [1.807, 2.05) is 0 Å². The Labute approximate surface area is 102 Å². The van der Waals surface area contributed by atoms with Crippen LogP contribution in [0.3, 0.4) is 0 Å². The molecule has 0 aromatic heterocycles. The monoisotopic (exact) mass is 260 g/mol. The normalized spacial score (nSPS) is 32.3. The van der Waals surface area contributed by atoms with Crippen molar-refractivity contribution in [1.82, 2.24) is 10.2 Å². The van der Waals surface area contributed by atoms with Crippen LogP contribution in [0.25, 0.3) is 0 Å². The average Bonchev–Trinajstić information content (AvgIpc) is 2.47. The number of carbonyl (C=O) groups excluding carboxylic acids is 1. The van der Waals surface area contributed by atoms with Crippen LogP contribution >= 0.6 is 0 Å². The predicted molar refractivity (Wildman–Crippen MR) is 65.5 cm³/mol. The zero-order valence-corrected chi connectivity index (χ0v) is 11.0. The molecule has 2 aliphatic heterocycles. The fraction of sp³-hybridized carbons (Fsp3) is 0.909. The van der Waals surface area contributed by atoms with Crippen LogP contribution in [-0.4, -0.2) is 55.9 Å². The highest BCUT2D eigenvalue weighted by molar-refractivity contribution is 7.91. The molecule has 2 saturated heterocycles. The van der Waals surface area contributed by atoms with E-state index in [1.165, 1.54) is 0 Å². The van der Waals surface area contributed by atoms with E-state index in [9.17, 15) is 13.2 Å². The highest BCUT2D eigenvalue weighted by Crippen LogP contribution is 2.22. The summed E-state index contributed by atoms with van der Waals surface area (Å²) in [7, 11) is -2.98. The Morgan fingerprint density at radius 2 is 2.18 bits per heavy atom. The highest BCUT2D eigenvalue weighted by Gasteiger charge is 2.43. The molecule has 2 fully saturated rings. The number of rotatable bonds is 3. The van der Waals surface area contributed by atoms with E-state index >= 15 is 0 Å². The van der Waals surface area contributed by atoms with Gasteiger partial charge in [0.2, 0.25) is 5.91 Å². The molecular formula is C11H20N2O3S. The van der Waals surface area contributed by atoms with E-state index in [0.29, 0.717) is 19.5 Å². The third kappa shape index (κ3) is 2.80. The molecule has 1 N–H and O–H groups in total. The van der Waals surface area contributed by atoms with Gasteiger partial charge in [-0.3, -0.25) is 4.79 Å². The molecule has 17 heavy (non-hydrogen) atoms. The summed E-state index contributed by atoms with van der Waals surface area (Å²) >= 11 is 0. The lowest BCUT2D eigenvalue weighted by Gasteiger charge is -2.29. The minimum absolute atomic E-state index is 0.0664. The van der Waals surface area contributed by atoms with Crippen molar-refractivity contribution in [3.05, 3.63) is 0 Å². The van der Waals surface area contributed by atoms with E-state index in [-0.39, 0.29) is 29.5 Å². The largest absolute Gasteiger partial charge is 0.337 e. The summed E-state index contributed by atoms with van der Waals surface area (Å²) in [6.45, 7) is 3.36. The quantitative estimate of drug-likeness (QED) is 0.761. The van der Waals surface area contributed by atoms with Crippen LogP contribution < -0.4 is 5.32 Å². The first-order valence-electron chi connectivity index (χ1n) is 6.27. The van der Waals surface area contributed by atoms with Crippen molar-refractivity contribution in [2.45, 2.75) is 38.3 Å². The van der Waals surface area contributed by atoms with Gasteiger partial charge in [0.15, 0.2) is 9.84 Å². The summed E-state index contributed by atoms with van der Waals surface area (Å²) < 4.78 is 23.3. The lowest BCUT2D eigenvalue weighted by molar-refractivity contribution is -0.132. The second-order valence-electron chi connectivity index (χ2n) is 4.90. The SMILES string of the molecule is CCCCN1C(=O)CCNC2CS(=O)(=O)CC21. The number of amides is 1. The Bertz CT molecular complexity index is 394. The van der Waals surface area contributed by atoms with Crippen LogP contribution in [0.15, 0.2) is 0 Å². The Hall–Kier alpha value is -0.620. The average molecular weight is 260 g/mol. The molecule has 0 aromatic carbocycles. The molecule has 1 amide bonds. The standard InChI is InChI=1S/C11H20N2O3S/c1-2-3-6-13-10-8-17(15,16)7-9(10)12-5-4-11(13)14/h9-10,12H,2-8H2,1H3. The molecule has 6 heteroatoms. The number of hydrogen-bond donors (Lipinski definition) is 1. The number of nitrogens with zero attached hydrogens (tertiary/aromatic N) is 1. The summed E-state index contributed by atoms with van der Waals surface area (Å²) in [6, 6.07) is -0.218. The van der Waals surface area contributed by atoms with Gasteiger partial charge in [-0.1, -0.05) is 13.3 Å². The van der Waals surface area contributed by atoms with Crippen LogP contribution in [0, 0.1) is 0 Å². The van der Waals surface area contributed by atoms with Crippen molar-refractivity contribution >= 4 is 15.7 Å². The number of nitrogens with one attached hydrogen (secondary N) is 1. The molecule has 2 unspecified atom stereocenters. The molecule has 0 spiro atoms. The van der Waals surface area contributed by atoms with Crippen molar-refractivity contribution in [1.29, 1.82) is 0 Å². The zero-order chi connectivity index (χ0) is 12.5. The molecule has 5 nitrogen and oxygen atoms in total. The van der Waals surface area contributed by atoms with Gasteiger partial charge in [0.05, 0.1) is 17.5 Å². The van der Waals surface area contributed by atoms with Gasteiger partial charge in [-0.2, -0.15) is 0 Å². The van der Waals surface area contributed by atoms with Crippen LogP contribution in [0.5, 0.6) is 0 Å². The van der Waals surface area contributed by atoms with E-state index in [2.05, 4.69) is 12.2 Å².